The van der Waals surface area contributed by atoms with Gasteiger partial charge in [-0.05, 0) is 19.8 Å². The Morgan fingerprint density at radius 3 is 2.50 bits per heavy atom. The van der Waals surface area contributed by atoms with Crippen LogP contribution in [0.3, 0.4) is 0 Å². The molecule has 2 rings (SSSR count). The lowest BCUT2D eigenvalue weighted by atomic mass is 9.90. The van der Waals surface area contributed by atoms with E-state index < -0.39 is 0 Å². The minimum Gasteiger partial charge on any atom is -0.348 e. The fourth-order valence-corrected chi connectivity index (χ4v) is 2.38. The molecule has 0 aromatic carbocycles. The fourth-order valence-electron chi connectivity index (χ4n) is 2.38. The monoisotopic (exact) mass is 228 g/mol. The summed E-state index contributed by atoms with van der Waals surface area (Å²) in [5.41, 5.74) is 0. The van der Waals surface area contributed by atoms with E-state index in [9.17, 15) is 4.79 Å². The summed E-state index contributed by atoms with van der Waals surface area (Å²) in [6, 6.07) is 0.182. The molecule has 2 fully saturated rings. The van der Waals surface area contributed by atoms with Gasteiger partial charge in [-0.1, -0.05) is 0 Å². The first-order chi connectivity index (χ1) is 7.74. The minimum absolute atomic E-state index is 0.0725. The number of nitrogens with one attached hydrogen (secondary N) is 2. The standard InChI is InChI=1S/C11H20N2O3/c1-2-12-10(14)13-9-3-5-11(6-4-9)15-7-8-16-11/h9H,2-8H2,1H3,(H2,12,13,14). The number of carbonyl (C=O) groups excluding carboxylic acids is 1. The summed E-state index contributed by atoms with van der Waals surface area (Å²) < 4.78 is 11.3. The molecule has 0 bridgehead atoms. The Bertz CT molecular complexity index is 242. The zero-order chi connectivity index (χ0) is 11.4. The lowest BCUT2D eigenvalue weighted by Crippen LogP contribution is -2.47. The van der Waals surface area contributed by atoms with E-state index in [0.717, 1.165) is 25.7 Å². The third-order valence-corrected chi connectivity index (χ3v) is 3.23. The van der Waals surface area contributed by atoms with E-state index in [1.165, 1.54) is 0 Å². The minimum atomic E-state index is -0.334. The number of ether oxygens (including phenoxy) is 2. The van der Waals surface area contributed by atoms with Gasteiger partial charge in [-0.3, -0.25) is 0 Å². The molecular formula is C11H20N2O3. The van der Waals surface area contributed by atoms with Crippen molar-refractivity contribution in [1.29, 1.82) is 0 Å². The fraction of sp³-hybridized carbons (Fsp3) is 0.909. The Hall–Kier alpha value is -0.810. The molecule has 1 saturated heterocycles. The molecule has 5 heteroatoms. The van der Waals surface area contributed by atoms with Crippen molar-refractivity contribution in [2.75, 3.05) is 19.8 Å². The first-order valence-electron chi connectivity index (χ1n) is 6.06. The molecule has 16 heavy (non-hydrogen) atoms. The Morgan fingerprint density at radius 2 is 1.94 bits per heavy atom. The molecule has 0 aromatic heterocycles. The van der Waals surface area contributed by atoms with Gasteiger partial charge in [0.1, 0.15) is 0 Å². The Labute approximate surface area is 95.9 Å². The van der Waals surface area contributed by atoms with E-state index in [4.69, 9.17) is 9.47 Å². The highest BCUT2D eigenvalue weighted by Gasteiger charge is 2.40. The largest absolute Gasteiger partial charge is 0.348 e. The Kier molecular flexibility index (Phi) is 3.66. The van der Waals surface area contributed by atoms with Gasteiger partial charge in [0.15, 0.2) is 5.79 Å². The molecule has 0 atom stereocenters. The molecule has 0 unspecified atom stereocenters. The Morgan fingerprint density at radius 1 is 1.31 bits per heavy atom. The summed E-state index contributed by atoms with van der Waals surface area (Å²) in [5.74, 6) is -0.334. The first kappa shape index (κ1) is 11.7. The highest BCUT2D eigenvalue weighted by Crippen LogP contribution is 2.35. The van der Waals surface area contributed by atoms with Gasteiger partial charge in [0, 0.05) is 25.4 Å². The van der Waals surface area contributed by atoms with Gasteiger partial charge in [-0.2, -0.15) is 0 Å². The summed E-state index contributed by atoms with van der Waals surface area (Å²) in [4.78, 5) is 11.3. The van der Waals surface area contributed by atoms with Gasteiger partial charge in [-0.25, -0.2) is 4.79 Å². The summed E-state index contributed by atoms with van der Waals surface area (Å²) in [7, 11) is 0. The second-order valence-electron chi connectivity index (χ2n) is 4.39. The summed E-state index contributed by atoms with van der Waals surface area (Å²) in [6.45, 7) is 3.98. The molecule has 92 valence electrons. The van der Waals surface area contributed by atoms with Crippen LogP contribution in [0.2, 0.25) is 0 Å². The first-order valence-corrected chi connectivity index (χ1v) is 6.06. The number of carbonyl (C=O) groups is 1. The number of hydrogen-bond donors (Lipinski definition) is 2. The lowest BCUT2D eigenvalue weighted by molar-refractivity contribution is -0.179. The van der Waals surface area contributed by atoms with Crippen LogP contribution in [0.4, 0.5) is 4.79 Å². The van der Waals surface area contributed by atoms with Gasteiger partial charge in [-0.15, -0.1) is 0 Å². The van der Waals surface area contributed by atoms with Crippen LogP contribution in [-0.2, 0) is 9.47 Å². The van der Waals surface area contributed by atoms with Crippen LogP contribution in [0.1, 0.15) is 32.6 Å². The predicted octanol–water partition coefficient (Wildman–Crippen LogP) is 0.991. The number of urea groups is 1. The highest BCUT2D eigenvalue weighted by atomic mass is 16.7. The third-order valence-electron chi connectivity index (χ3n) is 3.23. The number of hydrogen-bond acceptors (Lipinski definition) is 3. The lowest BCUT2D eigenvalue weighted by Gasteiger charge is -2.35. The van der Waals surface area contributed by atoms with Crippen LogP contribution >= 0.6 is 0 Å². The molecular weight excluding hydrogens is 208 g/mol. The van der Waals surface area contributed by atoms with E-state index >= 15 is 0 Å². The van der Waals surface area contributed by atoms with Gasteiger partial charge >= 0.3 is 6.03 Å². The van der Waals surface area contributed by atoms with Crippen LogP contribution in [0.5, 0.6) is 0 Å². The molecule has 5 nitrogen and oxygen atoms in total. The average molecular weight is 228 g/mol. The van der Waals surface area contributed by atoms with Gasteiger partial charge in [0.25, 0.3) is 0 Å². The van der Waals surface area contributed by atoms with Crippen molar-refractivity contribution in [2.45, 2.75) is 44.4 Å². The maximum atomic E-state index is 11.3. The van der Waals surface area contributed by atoms with E-state index in [1.807, 2.05) is 6.92 Å². The zero-order valence-electron chi connectivity index (χ0n) is 9.75. The molecule has 2 aliphatic rings. The van der Waals surface area contributed by atoms with Crippen molar-refractivity contribution in [3.05, 3.63) is 0 Å². The van der Waals surface area contributed by atoms with Gasteiger partial charge < -0.3 is 20.1 Å². The maximum Gasteiger partial charge on any atom is 0.314 e. The molecule has 0 radical (unpaired) electrons. The smallest absolute Gasteiger partial charge is 0.314 e. The number of amides is 2. The van der Waals surface area contributed by atoms with Gasteiger partial charge in [0.05, 0.1) is 13.2 Å². The van der Waals surface area contributed by atoms with Crippen LogP contribution in [0, 0.1) is 0 Å². The molecule has 1 aliphatic carbocycles. The van der Waals surface area contributed by atoms with Crippen molar-refractivity contribution in [1.82, 2.24) is 10.6 Å². The Balaban J connectivity index is 1.74. The average Bonchev–Trinajstić information content (AvgIpc) is 2.71. The third kappa shape index (κ3) is 2.65. The van der Waals surface area contributed by atoms with Gasteiger partial charge in [0.2, 0.25) is 0 Å². The van der Waals surface area contributed by atoms with Crippen molar-refractivity contribution < 1.29 is 14.3 Å². The summed E-state index contributed by atoms with van der Waals surface area (Å²) >= 11 is 0. The predicted molar refractivity (Wildman–Crippen MR) is 59.1 cm³/mol. The molecule has 0 aromatic rings. The second kappa shape index (κ2) is 5.01. The van der Waals surface area contributed by atoms with Crippen LogP contribution in [0.25, 0.3) is 0 Å². The van der Waals surface area contributed by atoms with Crippen molar-refractivity contribution in [3.8, 4) is 0 Å². The van der Waals surface area contributed by atoms with Crippen molar-refractivity contribution in [3.63, 3.8) is 0 Å². The zero-order valence-corrected chi connectivity index (χ0v) is 9.75. The van der Waals surface area contributed by atoms with E-state index in [1.54, 1.807) is 0 Å². The SMILES string of the molecule is CCNC(=O)NC1CCC2(CC1)OCCO2. The normalized spacial score (nSPS) is 24.6. The summed E-state index contributed by atoms with van der Waals surface area (Å²) in [5, 5.41) is 5.71. The van der Waals surface area contributed by atoms with Crippen LogP contribution < -0.4 is 10.6 Å². The van der Waals surface area contributed by atoms with E-state index in [-0.39, 0.29) is 17.9 Å². The topological polar surface area (TPSA) is 59.6 Å². The molecule has 1 aliphatic heterocycles. The summed E-state index contributed by atoms with van der Waals surface area (Å²) in [6.07, 6.45) is 3.61. The second-order valence-corrected chi connectivity index (χ2v) is 4.39. The van der Waals surface area contributed by atoms with Crippen molar-refractivity contribution >= 4 is 6.03 Å². The molecule has 1 spiro atoms. The van der Waals surface area contributed by atoms with Crippen molar-refractivity contribution in [2.24, 2.45) is 0 Å². The van der Waals surface area contributed by atoms with Crippen LogP contribution in [-0.4, -0.2) is 37.6 Å². The maximum absolute atomic E-state index is 11.3. The quantitative estimate of drug-likeness (QED) is 0.741. The molecule has 1 heterocycles. The molecule has 1 saturated carbocycles. The molecule has 2 N–H and O–H groups in total. The number of rotatable bonds is 2. The van der Waals surface area contributed by atoms with E-state index in [2.05, 4.69) is 10.6 Å². The highest BCUT2D eigenvalue weighted by molar-refractivity contribution is 5.74. The van der Waals surface area contributed by atoms with Crippen LogP contribution in [0.15, 0.2) is 0 Å². The van der Waals surface area contributed by atoms with E-state index in [0.29, 0.717) is 19.8 Å². The molecule has 2 amide bonds.